The van der Waals surface area contributed by atoms with E-state index in [1.165, 1.54) is 40.7 Å². The zero-order valence-corrected chi connectivity index (χ0v) is 15.8. The van der Waals surface area contributed by atoms with Crippen molar-refractivity contribution < 1.29 is 9.53 Å². The molecule has 3 aliphatic rings. The van der Waals surface area contributed by atoms with Crippen molar-refractivity contribution in [2.45, 2.75) is 51.6 Å². The molecule has 1 amide bonds. The standard InChI is InChI=1S/C22H28N2O2/c1-15-11-16(14-24(2)13-15)18-6-8-21-19(7-9-22(25)23-21)20(18)12-17-5-3-4-10-26-17/h6,8,11,14,17H,3-5,7,9-10,12-13H2,1-2H3,(H,23,25). The third kappa shape index (κ3) is 3.56. The Morgan fingerprint density at radius 3 is 2.92 bits per heavy atom. The first kappa shape index (κ1) is 17.3. The van der Waals surface area contributed by atoms with Gasteiger partial charge in [-0.3, -0.25) is 4.79 Å². The van der Waals surface area contributed by atoms with E-state index < -0.39 is 0 Å². The zero-order valence-electron chi connectivity index (χ0n) is 15.8. The van der Waals surface area contributed by atoms with Crippen LogP contribution in [0.3, 0.4) is 0 Å². The fourth-order valence-electron chi connectivity index (χ4n) is 4.42. The van der Waals surface area contributed by atoms with Crippen LogP contribution in [0.2, 0.25) is 0 Å². The Morgan fingerprint density at radius 2 is 2.15 bits per heavy atom. The molecule has 1 unspecified atom stereocenters. The van der Waals surface area contributed by atoms with E-state index in [-0.39, 0.29) is 5.91 Å². The number of carbonyl (C=O) groups is 1. The predicted molar refractivity (Wildman–Crippen MR) is 105 cm³/mol. The van der Waals surface area contributed by atoms with E-state index in [4.69, 9.17) is 4.74 Å². The van der Waals surface area contributed by atoms with Gasteiger partial charge >= 0.3 is 0 Å². The van der Waals surface area contributed by atoms with Gasteiger partial charge in [-0.2, -0.15) is 0 Å². The molecule has 0 spiro atoms. The van der Waals surface area contributed by atoms with Gasteiger partial charge in [-0.15, -0.1) is 0 Å². The first-order chi connectivity index (χ1) is 12.6. The van der Waals surface area contributed by atoms with Crippen molar-refractivity contribution in [3.05, 3.63) is 46.7 Å². The molecule has 1 aromatic carbocycles. The van der Waals surface area contributed by atoms with Crippen molar-refractivity contribution in [3.8, 4) is 0 Å². The lowest BCUT2D eigenvalue weighted by Gasteiger charge is -2.29. The minimum absolute atomic E-state index is 0.123. The second-order valence-corrected chi connectivity index (χ2v) is 7.85. The van der Waals surface area contributed by atoms with E-state index in [1.54, 1.807) is 0 Å². The van der Waals surface area contributed by atoms with E-state index in [0.29, 0.717) is 12.5 Å². The number of fused-ring (bicyclic) bond motifs is 1. The molecule has 1 fully saturated rings. The zero-order chi connectivity index (χ0) is 18.1. The number of amides is 1. The van der Waals surface area contributed by atoms with Crippen molar-refractivity contribution in [1.82, 2.24) is 4.90 Å². The van der Waals surface area contributed by atoms with Gasteiger partial charge < -0.3 is 15.0 Å². The van der Waals surface area contributed by atoms with Crippen LogP contribution in [0.25, 0.3) is 5.57 Å². The maximum atomic E-state index is 11.8. The first-order valence-electron chi connectivity index (χ1n) is 9.76. The van der Waals surface area contributed by atoms with Gasteiger partial charge in [-0.05, 0) is 67.4 Å². The van der Waals surface area contributed by atoms with Crippen LogP contribution in [0.1, 0.15) is 49.3 Å². The molecule has 0 radical (unpaired) electrons. The third-order valence-corrected chi connectivity index (χ3v) is 5.58. The number of carbonyl (C=O) groups excluding carboxylic acids is 1. The fourth-order valence-corrected chi connectivity index (χ4v) is 4.42. The van der Waals surface area contributed by atoms with E-state index in [1.807, 2.05) is 0 Å². The van der Waals surface area contributed by atoms with Gasteiger partial charge in [0.05, 0.1) is 6.10 Å². The number of hydrogen-bond acceptors (Lipinski definition) is 3. The number of ether oxygens (including phenoxy) is 1. The fraction of sp³-hybridized carbons (Fsp3) is 0.500. The Kier molecular flexibility index (Phi) is 4.86. The topological polar surface area (TPSA) is 41.6 Å². The van der Waals surface area contributed by atoms with Gasteiger partial charge in [0, 0.05) is 38.5 Å². The summed E-state index contributed by atoms with van der Waals surface area (Å²) in [5.41, 5.74) is 7.58. The largest absolute Gasteiger partial charge is 0.378 e. The number of rotatable bonds is 3. The summed E-state index contributed by atoms with van der Waals surface area (Å²) in [6.45, 7) is 4.04. The number of nitrogens with zero attached hydrogens (tertiary/aromatic N) is 1. The molecule has 0 bridgehead atoms. The van der Waals surface area contributed by atoms with Gasteiger partial charge in [-0.1, -0.05) is 17.7 Å². The Labute approximate surface area is 155 Å². The molecule has 26 heavy (non-hydrogen) atoms. The van der Waals surface area contributed by atoms with Crippen molar-refractivity contribution in [3.63, 3.8) is 0 Å². The third-order valence-electron chi connectivity index (χ3n) is 5.58. The smallest absolute Gasteiger partial charge is 0.224 e. The highest BCUT2D eigenvalue weighted by atomic mass is 16.5. The number of nitrogens with one attached hydrogen (secondary N) is 1. The molecule has 1 aromatic rings. The van der Waals surface area contributed by atoms with Crippen LogP contribution in [-0.4, -0.2) is 37.1 Å². The van der Waals surface area contributed by atoms with Gasteiger partial charge in [0.2, 0.25) is 5.91 Å². The Balaban J connectivity index is 1.76. The highest BCUT2D eigenvalue weighted by Gasteiger charge is 2.25. The molecular weight excluding hydrogens is 324 g/mol. The molecule has 4 heteroatoms. The van der Waals surface area contributed by atoms with Crippen molar-refractivity contribution >= 4 is 17.2 Å². The summed E-state index contributed by atoms with van der Waals surface area (Å²) in [5.74, 6) is 0.123. The summed E-state index contributed by atoms with van der Waals surface area (Å²) in [5, 5.41) is 3.06. The molecule has 4 rings (SSSR count). The molecule has 0 aliphatic carbocycles. The summed E-state index contributed by atoms with van der Waals surface area (Å²) in [6, 6.07) is 4.25. The predicted octanol–water partition coefficient (Wildman–Crippen LogP) is 3.92. The van der Waals surface area contributed by atoms with Crippen molar-refractivity contribution in [1.29, 1.82) is 0 Å². The summed E-state index contributed by atoms with van der Waals surface area (Å²) in [4.78, 5) is 14.1. The van der Waals surface area contributed by atoms with Crippen molar-refractivity contribution in [2.75, 3.05) is 25.5 Å². The van der Waals surface area contributed by atoms with E-state index in [0.717, 1.165) is 38.1 Å². The second-order valence-electron chi connectivity index (χ2n) is 7.85. The molecular formula is C22H28N2O2. The average molecular weight is 352 g/mol. The molecule has 1 N–H and O–H groups in total. The molecule has 3 heterocycles. The van der Waals surface area contributed by atoms with Crippen LogP contribution in [0.4, 0.5) is 5.69 Å². The second kappa shape index (κ2) is 7.28. The van der Waals surface area contributed by atoms with Crippen LogP contribution < -0.4 is 5.32 Å². The minimum atomic E-state index is 0.123. The minimum Gasteiger partial charge on any atom is -0.378 e. The van der Waals surface area contributed by atoms with Gasteiger partial charge in [0.1, 0.15) is 0 Å². The van der Waals surface area contributed by atoms with E-state index in [9.17, 15) is 4.79 Å². The summed E-state index contributed by atoms with van der Waals surface area (Å²) in [6.07, 6.45) is 10.7. The Hall–Kier alpha value is -2.07. The van der Waals surface area contributed by atoms with Gasteiger partial charge in [-0.25, -0.2) is 0 Å². The number of hydrogen-bond donors (Lipinski definition) is 1. The number of allylic oxidation sites excluding steroid dienone is 2. The van der Waals surface area contributed by atoms with Crippen LogP contribution in [0.5, 0.6) is 0 Å². The molecule has 4 nitrogen and oxygen atoms in total. The van der Waals surface area contributed by atoms with E-state index >= 15 is 0 Å². The lowest BCUT2D eigenvalue weighted by molar-refractivity contribution is -0.116. The lowest BCUT2D eigenvalue weighted by atomic mass is 9.85. The Bertz CT molecular complexity index is 773. The SMILES string of the molecule is CC1=CC(c2ccc3c(c2CC2CCCCO2)CCC(=O)N3)=CN(C)C1. The normalized spacial score (nSPS) is 23.1. The molecule has 0 saturated carbocycles. The van der Waals surface area contributed by atoms with Crippen LogP contribution in [0, 0.1) is 0 Å². The molecule has 1 atom stereocenters. The van der Waals surface area contributed by atoms with Gasteiger partial charge in [0.15, 0.2) is 0 Å². The number of likely N-dealkylation sites (N-methyl/N-ethyl adjacent to an activating group) is 1. The van der Waals surface area contributed by atoms with Crippen molar-refractivity contribution in [2.24, 2.45) is 0 Å². The van der Waals surface area contributed by atoms with E-state index in [2.05, 4.69) is 48.6 Å². The number of anilines is 1. The molecule has 0 aromatic heterocycles. The summed E-state index contributed by atoms with van der Waals surface area (Å²) < 4.78 is 6.05. The number of benzene rings is 1. The first-order valence-corrected chi connectivity index (χ1v) is 9.76. The van der Waals surface area contributed by atoms with Crippen LogP contribution >= 0.6 is 0 Å². The molecule has 138 valence electrons. The molecule has 3 aliphatic heterocycles. The van der Waals surface area contributed by atoms with Crippen LogP contribution in [0.15, 0.2) is 30.0 Å². The highest BCUT2D eigenvalue weighted by Crippen LogP contribution is 2.35. The lowest BCUT2D eigenvalue weighted by Crippen LogP contribution is -2.25. The maximum absolute atomic E-state index is 11.8. The highest BCUT2D eigenvalue weighted by molar-refractivity contribution is 5.95. The quantitative estimate of drug-likeness (QED) is 0.897. The van der Waals surface area contributed by atoms with Gasteiger partial charge in [0.25, 0.3) is 0 Å². The summed E-state index contributed by atoms with van der Waals surface area (Å²) in [7, 11) is 2.12. The van der Waals surface area contributed by atoms with Crippen LogP contribution in [-0.2, 0) is 22.4 Å². The Morgan fingerprint density at radius 1 is 1.27 bits per heavy atom. The summed E-state index contributed by atoms with van der Waals surface area (Å²) >= 11 is 0. The average Bonchev–Trinajstić information content (AvgIpc) is 2.61. The molecule has 1 saturated heterocycles. The monoisotopic (exact) mass is 352 g/mol. The maximum Gasteiger partial charge on any atom is 0.224 e.